The molecule has 2 aromatic heterocycles. The predicted octanol–water partition coefficient (Wildman–Crippen LogP) is 1.65. The van der Waals surface area contributed by atoms with Gasteiger partial charge in [-0.3, -0.25) is 0 Å². The average Bonchev–Trinajstić information content (AvgIpc) is 2.84. The Morgan fingerprint density at radius 1 is 1.38 bits per heavy atom. The third-order valence-corrected chi connectivity index (χ3v) is 2.33. The maximum absolute atomic E-state index is 13.4. The number of nitrogens with zero attached hydrogens (tertiary/aromatic N) is 1. The smallest absolute Gasteiger partial charge is 0.388 e. The second-order valence-corrected chi connectivity index (χ2v) is 3.28. The van der Waals surface area contributed by atoms with Crippen molar-refractivity contribution in [2.24, 2.45) is 0 Å². The molecule has 0 bridgehead atoms. The number of rotatable bonds is 1. The first-order valence-electron chi connectivity index (χ1n) is 4.57. The molecule has 0 aliphatic heterocycles. The zero-order chi connectivity index (χ0) is 11.1. The topological polar surface area (TPSA) is 74.7 Å². The van der Waals surface area contributed by atoms with Crippen LogP contribution < -0.4 is 5.76 Å². The second kappa shape index (κ2) is 3.06. The van der Waals surface area contributed by atoms with E-state index in [2.05, 4.69) is 15.2 Å². The summed E-state index contributed by atoms with van der Waals surface area (Å²) in [5, 5.41) is 6.47. The third kappa shape index (κ3) is 1.16. The van der Waals surface area contributed by atoms with Crippen molar-refractivity contribution in [2.45, 2.75) is 0 Å². The zero-order valence-electron chi connectivity index (χ0n) is 7.95. The average molecular weight is 219 g/mol. The van der Waals surface area contributed by atoms with Crippen LogP contribution in [0.4, 0.5) is 4.39 Å². The van der Waals surface area contributed by atoms with Gasteiger partial charge in [-0.25, -0.2) is 14.3 Å². The van der Waals surface area contributed by atoms with Gasteiger partial charge >= 0.3 is 5.76 Å². The Bertz CT molecular complexity index is 710. The number of para-hydroxylation sites is 1. The Kier molecular flexibility index (Phi) is 1.70. The maximum Gasteiger partial charge on any atom is 0.434 e. The Balaban J connectivity index is 2.33. The van der Waals surface area contributed by atoms with Crippen molar-refractivity contribution in [2.75, 3.05) is 0 Å². The fourth-order valence-electron chi connectivity index (χ4n) is 1.64. The van der Waals surface area contributed by atoms with Crippen molar-refractivity contribution in [3.63, 3.8) is 0 Å². The van der Waals surface area contributed by atoms with Gasteiger partial charge in [-0.2, -0.15) is 0 Å². The number of aromatic nitrogens is 3. The Morgan fingerprint density at radius 2 is 2.25 bits per heavy atom. The van der Waals surface area contributed by atoms with E-state index in [1.165, 1.54) is 6.07 Å². The van der Waals surface area contributed by atoms with Crippen LogP contribution in [0.3, 0.4) is 0 Å². The van der Waals surface area contributed by atoms with Gasteiger partial charge in [0, 0.05) is 11.6 Å². The molecule has 0 radical (unpaired) electrons. The molecule has 0 unspecified atom stereocenters. The van der Waals surface area contributed by atoms with Gasteiger partial charge in [-0.15, -0.1) is 5.10 Å². The molecule has 2 N–H and O–H groups in total. The highest BCUT2D eigenvalue weighted by Gasteiger charge is 2.13. The minimum atomic E-state index is -0.638. The van der Waals surface area contributed by atoms with Crippen molar-refractivity contribution < 1.29 is 8.81 Å². The molecular formula is C10H6FN3O2. The van der Waals surface area contributed by atoms with E-state index in [-0.39, 0.29) is 11.7 Å². The van der Waals surface area contributed by atoms with Gasteiger partial charge in [0.2, 0.25) is 0 Å². The highest BCUT2D eigenvalue weighted by molar-refractivity contribution is 5.93. The summed E-state index contributed by atoms with van der Waals surface area (Å²) in [7, 11) is 0. The predicted molar refractivity (Wildman–Crippen MR) is 54.4 cm³/mol. The minimum Gasteiger partial charge on any atom is -0.388 e. The fourth-order valence-corrected chi connectivity index (χ4v) is 1.64. The molecule has 0 amide bonds. The highest BCUT2D eigenvalue weighted by Crippen LogP contribution is 2.27. The van der Waals surface area contributed by atoms with Crippen LogP contribution in [0.25, 0.3) is 22.4 Å². The van der Waals surface area contributed by atoms with Crippen molar-refractivity contribution in [3.05, 3.63) is 40.8 Å². The van der Waals surface area contributed by atoms with E-state index < -0.39 is 5.76 Å². The van der Waals surface area contributed by atoms with Gasteiger partial charge in [-0.05, 0) is 6.07 Å². The summed E-state index contributed by atoms with van der Waals surface area (Å²) >= 11 is 0. The molecule has 6 heteroatoms. The number of halogens is 1. The fraction of sp³-hybridized carbons (Fsp3) is 0. The van der Waals surface area contributed by atoms with Crippen LogP contribution in [0.5, 0.6) is 0 Å². The van der Waals surface area contributed by atoms with E-state index in [1.54, 1.807) is 18.3 Å². The van der Waals surface area contributed by atoms with Crippen LogP contribution in [0.1, 0.15) is 0 Å². The number of hydrogen-bond acceptors (Lipinski definition) is 3. The lowest BCUT2D eigenvalue weighted by Crippen LogP contribution is -1.93. The second-order valence-electron chi connectivity index (χ2n) is 3.28. The van der Waals surface area contributed by atoms with Crippen molar-refractivity contribution in [3.8, 4) is 11.5 Å². The Labute approximate surface area is 87.9 Å². The first kappa shape index (κ1) is 8.90. The summed E-state index contributed by atoms with van der Waals surface area (Å²) in [6.07, 6.45) is 1.55. The van der Waals surface area contributed by atoms with Gasteiger partial charge in [0.15, 0.2) is 0 Å². The lowest BCUT2D eigenvalue weighted by Gasteiger charge is -1.92. The van der Waals surface area contributed by atoms with Crippen LogP contribution in [0.15, 0.2) is 33.6 Å². The number of H-pyrrole nitrogens is 2. The molecule has 0 fully saturated rings. The molecule has 3 aromatic rings. The Hall–Kier alpha value is -2.37. The molecule has 0 spiro atoms. The SMILES string of the molecule is O=c1[nH]nc(-c2c[nH]c3c(F)cccc23)o1. The standard InChI is InChI=1S/C10H6FN3O2/c11-7-3-1-2-5-6(4-12-8(5)7)9-13-14-10(15)16-9/h1-4,12H,(H,14,15). The number of fused-ring (bicyclic) bond motifs is 1. The molecule has 80 valence electrons. The van der Waals surface area contributed by atoms with Crippen LogP contribution in [0, 0.1) is 5.82 Å². The molecule has 0 saturated heterocycles. The first-order valence-corrected chi connectivity index (χ1v) is 4.57. The summed E-state index contributed by atoms with van der Waals surface area (Å²) in [6.45, 7) is 0. The lowest BCUT2D eigenvalue weighted by molar-refractivity contribution is 0.527. The molecule has 5 nitrogen and oxygen atoms in total. The summed E-state index contributed by atoms with van der Waals surface area (Å²) < 4.78 is 18.2. The summed E-state index contributed by atoms with van der Waals surface area (Å²) in [6, 6.07) is 4.65. The number of hydrogen-bond donors (Lipinski definition) is 2. The van der Waals surface area contributed by atoms with Crippen LogP contribution in [0.2, 0.25) is 0 Å². The van der Waals surface area contributed by atoms with E-state index in [1.807, 2.05) is 0 Å². The number of aromatic amines is 2. The van der Waals surface area contributed by atoms with Gasteiger partial charge in [0.1, 0.15) is 5.82 Å². The molecule has 16 heavy (non-hydrogen) atoms. The van der Waals surface area contributed by atoms with E-state index in [4.69, 9.17) is 4.42 Å². The van der Waals surface area contributed by atoms with E-state index in [9.17, 15) is 9.18 Å². The van der Waals surface area contributed by atoms with Gasteiger partial charge in [-0.1, -0.05) is 12.1 Å². The summed E-state index contributed by atoms with van der Waals surface area (Å²) in [4.78, 5) is 13.6. The molecule has 0 aliphatic carbocycles. The monoisotopic (exact) mass is 219 g/mol. The highest BCUT2D eigenvalue weighted by atomic mass is 19.1. The number of nitrogens with one attached hydrogen (secondary N) is 2. The largest absolute Gasteiger partial charge is 0.434 e. The third-order valence-electron chi connectivity index (χ3n) is 2.33. The van der Waals surface area contributed by atoms with E-state index in [0.717, 1.165) is 0 Å². The quantitative estimate of drug-likeness (QED) is 0.653. The molecule has 3 rings (SSSR count). The molecule has 1 aromatic carbocycles. The molecule has 0 saturated carbocycles. The van der Waals surface area contributed by atoms with E-state index in [0.29, 0.717) is 16.5 Å². The maximum atomic E-state index is 13.4. The lowest BCUT2D eigenvalue weighted by atomic mass is 10.2. The van der Waals surface area contributed by atoms with Crippen molar-refractivity contribution >= 4 is 10.9 Å². The van der Waals surface area contributed by atoms with Gasteiger partial charge in [0.05, 0.1) is 11.1 Å². The van der Waals surface area contributed by atoms with Crippen molar-refractivity contribution in [1.29, 1.82) is 0 Å². The number of benzene rings is 1. The molecule has 2 heterocycles. The van der Waals surface area contributed by atoms with Crippen LogP contribution in [-0.4, -0.2) is 15.2 Å². The summed E-state index contributed by atoms with van der Waals surface area (Å²) in [5.74, 6) is -0.857. The first-order chi connectivity index (χ1) is 7.75. The normalized spacial score (nSPS) is 11.1. The van der Waals surface area contributed by atoms with Crippen LogP contribution >= 0.6 is 0 Å². The van der Waals surface area contributed by atoms with Gasteiger partial charge < -0.3 is 9.40 Å². The van der Waals surface area contributed by atoms with Gasteiger partial charge in [0.25, 0.3) is 5.89 Å². The molecule has 0 aliphatic rings. The van der Waals surface area contributed by atoms with Crippen molar-refractivity contribution in [1.82, 2.24) is 15.2 Å². The molecular weight excluding hydrogens is 213 g/mol. The van der Waals surface area contributed by atoms with Crippen LogP contribution in [-0.2, 0) is 0 Å². The minimum absolute atomic E-state index is 0.141. The molecule has 0 atom stereocenters. The van der Waals surface area contributed by atoms with E-state index >= 15 is 0 Å². The zero-order valence-corrected chi connectivity index (χ0v) is 7.95. The Morgan fingerprint density at radius 3 is 3.00 bits per heavy atom. The summed E-state index contributed by atoms with van der Waals surface area (Å²) in [5.41, 5.74) is 0.913.